The van der Waals surface area contributed by atoms with E-state index in [9.17, 15) is 0 Å². The summed E-state index contributed by atoms with van der Waals surface area (Å²) in [6, 6.07) is 54.2. The van der Waals surface area contributed by atoms with E-state index in [1.54, 1.807) is 0 Å². The van der Waals surface area contributed by atoms with Gasteiger partial charge in [0.1, 0.15) is 0 Å². The highest BCUT2D eigenvalue weighted by Gasteiger charge is 2.44. The summed E-state index contributed by atoms with van der Waals surface area (Å²) in [7, 11) is 0. The lowest BCUT2D eigenvalue weighted by Gasteiger charge is -2.33. The maximum atomic E-state index is 5.36. The maximum absolute atomic E-state index is 5.36. The molecular weight excluding hydrogens is 683 g/mol. The molecule has 0 saturated carbocycles. The average molecular weight is 718 g/mol. The van der Waals surface area contributed by atoms with Crippen molar-refractivity contribution in [2.75, 3.05) is 4.90 Å². The predicted molar refractivity (Wildman–Crippen MR) is 230 cm³/mol. The molecule has 12 rings (SSSR count). The van der Waals surface area contributed by atoms with Crippen molar-refractivity contribution in [2.45, 2.75) is 24.8 Å². The first kappa shape index (κ1) is 31.3. The molecule has 2 unspecified atom stereocenters. The number of rotatable bonds is 4. The quantitative estimate of drug-likeness (QED) is 0.182. The third-order valence-electron chi connectivity index (χ3n) is 12.0. The molecule has 0 saturated heterocycles. The van der Waals surface area contributed by atoms with Crippen molar-refractivity contribution in [1.29, 1.82) is 0 Å². The first-order chi connectivity index (χ1) is 27.8. The Labute approximate surface area is 324 Å². The van der Waals surface area contributed by atoms with Crippen LogP contribution < -0.4 is 4.90 Å². The SMILES string of the molecule is C1=CC2=C(C=CC3C2c2ccc4c5c6ccccc6ccc5n(-c5nc(-c6ccccc6)nc(-c6ccccc6)n5)c4c2N3c2ccc3ccccc3c2)CC1. The zero-order chi connectivity index (χ0) is 36.7. The lowest BCUT2D eigenvalue weighted by Crippen LogP contribution is -2.31. The highest BCUT2D eigenvalue weighted by Crippen LogP contribution is 2.56. The predicted octanol–water partition coefficient (Wildman–Crippen LogP) is 12.4. The van der Waals surface area contributed by atoms with Gasteiger partial charge in [0, 0.05) is 33.5 Å². The number of aromatic nitrogens is 4. The van der Waals surface area contributed by atoms with E-state index in [1.165, 1.54) is 60.4 Å². The Balaban J connectivity index is 1.23. The van der Waals surface area contributed by atoms with Crippen molar-refractivity contribution < 1.29 is 0 Å². The molecule has 264 valence electrons. The Morgan fingerprint density at radius 2 is 1.27 bits per heavy atom. The molecule has 56 heavy (non-hydrogen) atoms. The summed E-state index contributed by atoms with van der Waals surface area (Å²) in [5, 5.41) is 7.25. The number of hydrogen-bond acceptors (Lipinski definition) is 4. The molecule has 5 nitrogen and oxygen atoms in total. The van der Waals surface area contributed by atoms with Gasteiger partial charge < -0.3 is 4.90 Å². The number of nitrogens with zero attached hydrogens (tertiary/aromatic N) is 5. The Bertz CT molecular complexity index is 3100. The van der Waals surface area contributed by atoms with E-state index in [0.29, 0.717) is 17.6 Å². The highest BCUT2D eigenvalue weighted by atomic mass is 15.2. The second kappa shape index (κ2) is 12.2. The van der Waals surface area contributed by atoms with Gasteiger partial charge in [0.15, 0.2) is 11.6 Å². The van der Waals surface area contributed by atoms with Crippen molar-refractivity contribution in [3.63, 3.8) is 0 Å². The second-order valence-electron chi connectivity index (χ2n) is 15.1. The van der Waals surface area contributed by atoms with Gasteiger partial charge in [-0.15, -0.1) is 0 Å². The van der Waals surface area contributed by atoms with Crippen LogP contribution in [0.25, 0.3) is 72.1 Å². The van der Waals surface area contributed by atoms with E-state index in [-0.39, 0.29) is 12.0 Å². The minimum atomic E-state index is 0.0968. The number of anilines is 2. The third-order valence-corrected chi connectivity index (χ3v) is 12.0. The van der Waals surface area contributed by atoms with E-state index in [2.05, 4.69) is 149 Å². The molecule has 2 atom stereocenters. The van der Waals surface area contributed by atoms with Gasteiger partial charge in [0.2, 0.25) is 5.95 Å². The van der Waals surface area contributed by atoms with Crippen LogP contribution in [0.5, 0.6) is 0 Å². The van der Waals surface area contributed by atoms with Crippen molar-refractivity contribution >= 4 is 54.7 Å². The van der Waals surface area contributed by atoms with Crippen molar-refractivity contribution in [2.24, 2.45) is 0 Å². The fourth-order valence-corrected chi connectivity index (χ4v) is 9.54. The van der Waals surface area contributed by atoms with Gasteiger partial charge in [-0.1, -0.05) is 158 Å². The summed E-state index contributed by atoms with van der Waals surface area (Å²) in [5.41, 5.74) is 10.6. The number of benzene rings is 7. The van der Waals surface area contributed by atoms with Gasteiger partial charge >= 0.3 is 0 Å². The van der Waals surface area contributed by atoms with Gasteiger partial charge in [-0.3, -0.25) is 4.57 Å². The summed E-state index contributed by atoms with van der Waals surface area (Å²) in [4.78, 5) is 18.4. The van der Waals surface area contributed by atoms with Crippen LogP contribution in [0.1, 0.15) is 24.3 Å². The molecule has 5 heteroatoms. The second-order valence-corrected chi connectivity index (χ2v) is 15.1. The van der Waals surface area contributed by atoms with E-state index in [4.69, 9.17) is 15.0 Å². The Morgan fingerprint density at radius 1 is 0.571 bits per heavy atom. The molecule has 2 aromatic heterocycles. The molecule has 3 heterocycles. The molecular formula is C51H35N5. The molecule has 0 N–H and O–H groups in total. The van der Waals surface area contributed by atoms with Gasteiger partial charge in [0.05, 0.1) is 22.8 Å². The zero-order valence-corrected chi connectivity index (χ0v) is 30.5. The summed E-state index contributed by atoms with van der Waals surface area (Å²) in [5.74, 6) is 2.06. The molecule has 1 aliphatic heterocycles. The number of fused-ring (bicyclic) bond motifs is 11. The van der Waals surface area contributed by atoms with Crippen LogP contribution in [-0.4, -0.2) is 25.6 Å². The van der Waals surface area contributed by atoms with Gasteiger partial charge in [-0.05, 0) is 69.3 Å². The lowest BCUT2D eigenvalue weighted by atomic mass is 9.78. The first-order valence-electron chi connectivity index (χ1n) is 19.5. The minimum Gasteiger partial charge on any atom is -0.332 e. The first-order valence-corrected chi connectivity index (χ1v) is 19.5. The van der Waals surface area contributed by atoms with E-state index < -0.39 is 0 Å². The molecule has 0 bridgehead atoms. The molecule has 0 fully saturated rings. The van der Waals surface area contributed by atoms with Crippen molar-refractivity contribution in [3.8, 4) is 28.7 Å². The zero-order valence-electron chi connectivity index (χ0n) is 30.5. The monoisotopic (exact) mass is 717 g/mol. The van der Waals surface area contributed by atoms with E-state index >= 15 is 0 Å². The van der Waals surface area contributed by atoms with Crippen LogP contribution in [0.3, 0.4) is 0 Å². The van der Waals surface area contributed by atoms with Gasteiger partial charge in [0.25, 0.3) is 0 Å². The molecule has 3 aliphatic rings. The standard InChI is InChI=1S/C51H35N5/c1-3-16-35(17-4-1)49-52-50(36-18-5-2-6-19-36)54-51(53-49)56-44-30-25-34-15-10-12-22-40(34)46(44)42-28-27-41-45-39-21-11-9-14-33(39)24-29-43(45)55(47(41)48(42)56)38-26-23-32-13-7-8-20-37(32)31-38/h1-8,10-13,15-31,43,45H,9,14H2. The summed E-state index contributed by atoms with van der Waals surface area (Å²) < 4.78 is 2.33. The fraction of sp³-hybridized carbons (Fsp3) is 0.0784. The average Bonchev–Trinajstić information content (AvgIpc) is 3.80. The number of allylic oxidation sites excluding steroid dienone is 4. The third kappa shape index (κ3) is 4.64. The Morgan fingerprint density at radius 3 is 2.05 bits per heavy atom. The molecule has 2 aliphatic carbocycles. The van der Waals surface area contributed by atoms with Crippen LogP contribution >= 0.6 is 0 Å². The normalized spacial score (nSPS) is 17.2. The Kier molecular flexibility index (Phi) is 6.81. The lowest BCUT2D eigenvalue weighted by molar-refractivity contribution is 0.701. The minimum absolute atomic E-state index is 0.0968. The molecule has 0 amide bonds. The van der Waals surface area contributed by atoms with Crippen LogP contribution in [0.4, 0.5) is 11.4 Å². The Hall–Kier alpha value is -7.11. The molecule has 7 aromatic carbocycles. The number of hydrogen-bond donors (Lipinski definition) is 0. The fourth-order valence-electron chi connectivity index (χ4n) is 9.54. The topological polar surface area (TPSA) is 46.8 Å². The van der Waals surface area contributed by atoms with E-state index in [0.717, 1.165) is 35.0 Å². The summed E-state index contributed by atoms with van der Waals surface area (Å²) in [6.07, 6.45) is 11.7. The van der Waals surface area contributed by atoms with Crippen LogP contribution in [-0.2, 0) is 0 Å². The highest BCUT2D eigenvalue weighted by molar-refractivity contribution is 6.24. The van der Waals surface area contributed by atoms with Crippen LogP contribution in [0.15, 0.2) is 187 Å². The molecule has 0 radical (unpaired) electrons. The maximum Gasteiger partial charge on any atom is 0.238 e. The molecule has 0 spiro atoms. The van der Waals surface area contributed by atoms with E-state index in [1.807, 2.05) is 36.4 Å². The largest absolute Gasteiger partial charge is 0.332 e. The van der Waals surface area contributed by atoms with Gasteiger partial charge in [-0.2, -0.15) is 9.97 Å². The summed E-state index contributed by atoms with van der Waals surface area (Å²) >= 11 is 0. The molecule has 9 aromatic rings. The summed E-state index contributed by atoms with van der Waals surface area (Å²) in [6.45, 7) is 0. The smallest absolute Gasteiger partial charge is 0.238 e. The van der Waals surface area contributed by atoms with Crippen molar-refractivity contribution in [3.05, 3.63) is 193 Å². The van der Waals surface area contributed by atoms with Crippen molar-refractivity contribution in [1.82, 2.24) is 19.5 Å². The van der Waals surface area contributed by atoms with Gasteiger partial charge in [-0.25, -0.2) is 4.98 Å². The van der Waals surface area contributed by atoms with Crippen LogP contribution in [0.2, 0.25) is 0 Å². The van der Waals surface area contributed by atoms with Crippen LogP contribution in [0, 0.1) is 0 Å².